The topological polar surface area (TPSA) is 88.5 Å². The summed E-state index contributed by atoms with van der Waals surface area (Å²) in [4.78, 5) is 28.6. The number of carboxylic acids is 1. The van der Waals surface area contributed by atoms with Crippen molar-refractivity contribution in [3.63, 3.8) is 0 Å². The largest absolute Gasteiger partial charge is 0.479 e. The number of carboxylic acid groups (broad SMARTS) is 1. The minimum atomic E-state index is -4.49. The molecule has 2 unspecified atom stereocenters. The second kappa shape index (κ2) is 11.2. The number of hydrogen-bond donors (Lipinski definition) is 2. The van der Waals surface area contributed by atoms with Gasteiger partial charge in [-0.15, -0.1) is 0 Å². The first kappa shape index (κ1) is 27.2. The zero-order valence-corrected chi connectivity index (χ0v) is 21.1. The summed E-state index contributed by atoms with van der Waals surface area (Å²) in [7, 11) is 0. The number of rotatable bonds is 8. The maximum atomic E-state index is 13.6. The molecule has 1 fully saturated rings. The van der Waals surface area contributed by atoms with E-state index in [2.05, 4.69) is 10.3 Å². The number of alkyl halides is 3. The van der Waals surface area contributed by atoms with E-state index in [9.17, 15) is 22.8 Å². The molecular formula is C29H29F3N2O4. The molecule has 38 heavy (non-hydrogen) atoms. The number of anilines is 1. The number of amides is 1. The smallest absolute Gasteiger partial charge is 0.417 e. The summed E-state index contributed by atoms with van der Waals surface area (Å²) in [6, 6.07) is 13.2. The van der Waals surface area contributed by atoms with E-state index < -0.39 is 29.7 Å². The van der Waals surface area contributed by atoms with E-state index >= 15 is 0 Å². The number of carbonyl (C=O) groups excluding carboxylic acids is 1. The first-order chi connectivity index (χ1) is 18.0. The first-order valence-corrected chi connectivity index (χ1v) is 12.5. The van der Waals surface area contributed by atoms with Gasteiger partial charge in [-0.2, -0.15) is 13.2 Å². The van der Waals surface area contributed by atoms with Crippen molar-refractivity contribution in [2.45, 2.75) is 57.7 Å². The Morgan fingerprint density at radius 3 is 2.37 bits per heavy atom. The zero-order chi connectivity index (χ0) is 27.4. The van der Waals surface area contributed by atoms with E-state index in [0.717, 1.165) is 43.5 Å². The molecule has 0 aliphatic heterocycles. The predicted molar refractivity (Wildman–Crippen MR) is 137 cm³/mol. The number of nitrogens with zero attached hydrogens (tertiary/aromatic N) is 1. The predicted octanol–water partition coefficient (Wildman–Crippen LogP) is 6.84. The number of hydrogen-bond acceptors (Lipinski definition) is 4. The van der Waals surface area contributed by atoms with Gasteiger partial charge >= 0.3 is 12.1 Å². The molecule has 4 rings (SSSR count). The van der Waals surface area contributed by atoms with Gasteiger partial charge < -0.3 is 15.2 Å². The molecule has 1 aliphatic carbocycles. The maximum absolute atomic E-state index is 13.6. The molecule has 0 saturated heterocycles. The van der Waals surface area contributed by atoms with E-state index in [1.54, 1.807) is 49.4 Å². The molecular weight excluding hydrogens is 497 g/mol. The number of nitrogens with one attached hydrogen (secondary N) is 1. The molecule has 1 aliphatic rings. The van der Waals surface area contributed by atoms with Crippen LogP contribution in [0.5, 0.6) is 5.75 Å². The van der Waals surface area contributed by atoms with E-state index in [1.807, 2.05) is 0 Å². The number of aromatic nitrogens is 1. The average molecular weight is 527 g/mol. The Kier molecular flexibility index (Phi) is 8.04. The zero-order valence-electron chi connectivity index (χ0n) is 21.1. The summed E-state index contributed by atoms with van der Waals surface area (Å²) >= 11 is 0. The van der Waals surface area contributed by atoms with E-state index in [4.69, 9.17) is 9.84 Å². The maximum Gasteiger partial charge on any atom is 0.417 e. The Bertz CT molecular complexity index is 1300. The molecule has 0 spiro atoms. The van der Waals surface area contributed by atoms with Crippen molar-refractivity contribution in [3.8, 4) is 16.9 Å². The lowest BCUT2D eigenvalue weighted by atomic mass is 9.83. The highest BCUT2D eigenvalue weighted by atomic mass is 19.4. The number of carbonyl (C=O) groups is 2. The van der Waals surface area contributed by atoms with Gasteiger partial charge in [0.1, 0.15) is 5.75 Å². The fourth-order valence-electron chi connectivity index (χ4n) is 4.89. The molecule has 200 valence electrons. The monoisotopic (exact) mass is 526 g/mol. The van der Waals surface area contributed by atoms with Gasteiger partial charge in [-0.1, -0.05) is 43.2 Å². The van der Waals surface area contributed by atoms with Crippen LogP contribution in [0.1, 0.15) is 55.2 Å². The Balaban J connectivity index is 1.59. The van der Waals surface area contributed by atoms with Crippen molar-refractivity contribution in [2.75, 3.05) is 5.32 Å². The van der Waals surface area contributed by atoms with Crippen LogP contribution in [0, 0.1) is 12.8 Å². The van der Waals surface area contributed by atoms with Gasteiger partial charge in [0.05, 0.1) is 11.5 Å². The molecule has 1 heterocycles. The molecule has 9 heteroatoms. The second-order valence-electron chi connectivity index (χ2n) is 9.62. The van der Waals surface area contributed by atoms with Crippen LogP contribution < -0.4 is 10.1 Å². The Labute approximate surface area is 218 Å². The van der Waals surface area contributed by atoms with Crippen LogP contribution in [0.4, 0.5) is 18.9 Å². The van der Waals surface area contributed by atoms with Crippen molar-refractivity contribution >= 4 is 17.6 Å². The lowest BCUT2D eigenvalue weighted by Gasteiger charge is -2.24. The molecule has 6 nitrogen and oxygen atoms in total. The van der Waals surface area contributed by atoms with Crippen LogP contribution in [0.2, 0.25) is 0 Å². The molecule has 1 amide bonds. The second-order valence-corrected chi connectivity index (χ2v) is 9.62. The molecule has 1 aromatic heterocycles. The molecule has 2 N–H and O–H groups in total. The molecule has 2 aromatic carbocycles. The normalized spacial score (nSPS) is 15.6. The first-order valence-electron chi connectivity index (χ1n) is 12.5. The van der Waals surface area contributed by atoms with Crippen molar-refractivity contribution in [2.24, 2.45) is 5.92 Å². The van der Waals surface area contributed by atoms with Crippen LogP contribution in [0.15, 0.2) is 60.9 Å². The van der Waals surface area contributed by atoms with E-state index in [-0.39, 0.29) is 11.8 Å². The van der Waals surface area contributed by atoms with Gasteiger partial charge in [-0.05, 0) is 61.9 Å². The Morgan fingerprint density at radius 1 is 1.05 bits per heavy atom. The fourth-order valence-corrected chi connectivity index (χ4v) is 4.89. The number of pyridine rings is 1. The van der Waals surface area contributed by atoms with Crippen LogP contribution >= 0.6 is 0 Å². The summed E-state index contributed by atoms with van der Waals surface area (Å²) in [6.07, 6.45) is 0.496. The third kappa shape index (κ3) is 6.15. The van der Waals surface area contributed by atoms with E-state index in [1.165, 1.54) is 13.1 Å². The van der Waals surface area contributed by atoms with Crippen LogP contribution in [-0.2, 0) is 15.8 Å². The highest BCUT2D eigenvalue weighted by molar-refractivity contribution is 5.97. The van der Waals surface area contributed by atoms with Gasteiger partial charge in [-0.25, -0.2) is 4.79 Å². The van der Waals surface area contributed by atoms with Gasteiger partial charge in [0, 0.05) is 29.2 Å². The Morgan fingerprint density at radius 2 is 1.74 bits per heavy atom. The molecule has 0 radical (unpaired) electrons. The summed E-state index contributed by atoms with van der Waals surface area (Å²) < 4.78 is 44.9. The summed E-state index contributed by atoms with van der Waals surface area (Å²) in [6.45, 7) is 3.18. The lowest BCUT2D eigenvalue weighted by molar-refractivity contribution is -0.144. The Hall–Kier alpha value is -3.88. The van der Waals surface area contributed by atoms with Gasteiger partial charge in [0.2, 0.25) is 5.91 Å². The standard InChI is InChI=1S/C29H29F3N2O4/c1-17-24(8-5-9-25(17)38-18(2)28(36)37)34-27(35)26(20-6-3-4-7-20)21-12-10-19(11-13-21)22-14-23(16-33-15-22)29(30,31)32/h5,8-16,18,20,26H,3-4,6-7H2,1-2H3,(H,34,35)(H,36,37). The van der Waals surface area contributed by atoms with Crippen molar-refractivity contribution in [1.29, 1.82) is 0 Å². The molecule has 2 atom stereocenters. The third-order valence-corrected chi connectivity index (χ3v) is 7.02. The number of aliphatic carboxylic acids is 1. The quantitative estimate of drug-likeness (QED) is 0.336. The molecule has 1 saturated carbocycles. The molecule has 0 bridgehead atoms. The summed E-state index contributed by atoms with van der Waals surface area (Å²) in [5.74, 6) is -1.24. The number of halogens is 3. The van der Waals surface area contributed by atoms with Crippen LogP contribution in [0.3, 0.4) is 0 Å². The highest BCUT2D eigenvalue weighted by Gasteiger charge is 2.33. The minimum Gasteiger partial charge on any atom is -0.479 e. The van der Waals surface area contributed by atoms with Gasteiger partial charge in [0.15, 0.2) is 6.10 Å². The highest BCUT2D eigenvalue weighted by Crippen LogP contribution is 2.39. The van der Waals surface area contributed by atoms with Gasteiger partial charge in [-0.3, -0.25) is 9.78 Å². The lowest BCUT2D eigenvalue weighted by Crippen LogP contribution is -2.27. The SMILES string of the molecule is Cc1c(NC(=O)C(c2ccc(-c3cncc(C(F)(F)F)c3)cc2)C2CCCC2)cccc1OC(C)C(=O)O. The number of ether oxygens (including phenoxy) is 1. The van der Waals surface area contributed by atoms with E-state index in [0.29, 0.717) is 28.1 Å². The minimum absolute atomic E-state index is 0.128. The van der Waals surface area contributed by atoms with Crippen LogP contribution in [0.25, 0.3) is 11.1 Å². The van der Waals surface area contributed by atoms with Crippen LogP contribution in [-0.4, -0.2) is 28.1 Å². The number of benzene rings is 2. The average Bonchev–Trinajstić information content (AvgIpc) is 3.41. The summed E-state index contributed by atoms with van der Waals surface area (Å²) in [5, 5.41) is 12.2. The summed E-state index contributed by atoms with van der Waals surface area (Å²) in [5.41, 5.74) is 2.03. The van der Waals surface area contributed by atoms with Crippen molar-refractivity contribution in [1.82, 2.24) is 4.98 Å². The third-order valence-electron chi connectivity index (χ3n) is 7.02. The van der Waals surface area contributed by atoms with Crippen molar-refractivity contribution in [3.05, 3.63) is 77.6 Å². The van der Waals surface area contributed by atoms with Crippen molar-refractivity contribution < 1.29 is 32.6 Å². The fraction of sp³-hybridized carbons (Fsp3) is 0.345. The van der Waals surface area contributed by atoms with Gasteiger partial charge in [0.25, 0.3) is 0 Å². The molecule has 3 aromatic rings.